The van der Waals surface area contributed by atoms with E-state index >= 15 is 0 Å². The number of amides is 3. The molecular weight excluding hydrogens is 470 g/mol. The smallest absolute Gasteiger partial charge is 0.321 e. The molecule has 10 nitrogen and oxygen atoms in total. The van der Waals surface area contributed by atoms with Crippen LogP contribution in [0.2, 0.25) is 0 Å². The van der Waals surface area contributed by atoms with Crippen LogP contribution in [-0.4, -0.2) is 39.2 Å². The van der Waals surface area contributed by atoms with Crippen LogP contribution < -0.4 is 20.1 Å². The summed E-state index contributed by atoms with van der Waals surface area (Å²) in [6, 6.07) is 18.3. The Morgan fingerprint density at radius 1 is 1.00 bits per heavy atom. The second kappa shape index (κ2) is 10.3. The second-order valence-corrected chi connectivity index (χ2v) is 8.49. The van der Waals surface area contributed by atoms with Crippen molar-refractivity contribution in [3.63, 3.8) is 0 Å². The van der Waals surface area contributed by atoms with Gasteiger partial charge in [0.1, 0.15) is 5.76 Å². The number of furan rings is 1. The molecule has 0 fully saturated rings. The summed E-state index contributed by atoms with van der Waals surface area (Å²) in [4.78, 5) is 24.4. The number of rotatable bonds is 8. The van der Waals surface area contributed by atoms with Crippen molar-refractivity contribution in [1.29, 1.82) is 0 Å². The van der Waals surface area contributed by atoms with E-state index in [0.717, 1.165) is 11.1 Å². The monoisotopic (exact) mass is 491 g/mol. The van der Waals surface area contributed by atoms with Crippen molar-refractivity contribution in [2.45, 2.75) is 18.2 Å². The Morgan fingerprint density at radius 2 is 1.86 bits per heavy atom. The third kappa shape index (κ3) is 5.46. The molecule has 1 aliphatic heterocycles. The second-order valence-electron chi connectivity index (χ2n) is 7.54. The molecule has 0 atom stereocenters. The number of carbonyl (C=O) groups excluding carboxylic acids is 2. The van der Waals surface area contributed by atoms with E-state index in [0.29, 0.717) is 34.8 Å². The Morgan fingerprint density at radius 3 is 2.69 bits per heavy atom. The van der Waals surface area contributed by atoms with Crippen LogP contribution in [0.25, 0.3) is 11.4 Å². The molecule has 0 radical (unpaired) electrons. The highest BCUT2D eigenvalue weighted by Crippen LogP contribution is 2.33. The number of thioether (sulfide) groups is 1. The molecule has 5 rings (SSSR count). The topological polar surface area (TPSA) is 121 Å². The van der Waals surface area contributed by atoms with Gasteiger partial charge in [-0.15, -0.1) is 10.2 Å². The molecule has 0 bridgehead atoms. The van der Waals surface area contributed by atoms with Gasteiger partial charge in [0.15, 0.2) is 22.5 Å². The predicted molar refractivity (Wildman–Crippen MR) is 127 cm³/mol. The van der Waals surface area contributed by atoms with Crippen LogP contribution in [0.4, 0.5) is 4.79 Å². The number of aromatic nitrogens is 3. The number of hydrogen-bond donors (Lipinski definition) is 2. The van der Waals surface area contributed by atoms with Crippen LogP contribution >= 0.6 is 11.8 Å². The zero-order valence-electron chi connectivity index (χ0n) is 18.5. The molecule has 0 aliphatic carbocycles. The Bertz CT molecular complexity index is 1320. The molecule has 35 heavy (non-hydrogen) atoms. The molecule has 2 N–H and O–H groups in total. The van der Waals surface area contributed by atoms with Gasteiger partial charge in [0, 0.05) is 5.56 Å². The van der Waals surface area contributed by atoms with Gasteiger partial charge >= 0.3 is 6.03 Å². The molecule has 2 aromatic heterocycles. The predicted octanol–water partition coefficient (Wildman–Crippen LogP) is 3.43. The molecule has 0 spiro atoms. The lowest BCUT2D eigenvalue weighted by Gasteiger charge is -2.11. The summed E-state index contributed by atoms with van der Waals surface area (Å²) in [5.41, 5.74) is 1.86. The normalized spacial score (nSPS) is 11.9. The zero-order valence-corrected chi connectivity index (χ0v) is 19.3. The van der Waals surface area contributed by atoms with Crippen LogP contribution in [0.1, 0.15) is 11.3 Å². The highest BCUT2D eigenvalue weighted by atomic mass is 32.2. The van der Waals surface area contributed by atoms with Gasteiger partial charge in [-0.1, -0.05) is 48.2 Å². The van der Waals surface area contributed by atoms with Gasteiger partial charge in [-0.05, 0) is 29.8 Å². The van der Waals surface area contributed by atoms with Crippen molar-refractivity contribution in [2.75, 3.05) is 12.5 Å². The quantitative estimate of drug-likeness (QED) is 0.360. The van der Waals surface area contributed by atoms with E-state index in [9.17, 15) is 9.59 Å². The molecule has 178 valence electrons. The molecule has 0 unspecified atom stereocenters. The average molecular weight is 492 g/mol. The summed E-state index contributed by atoms with van der Waals surface area (Å²) in [7, 11) is 0. The van der Waals surface area contributed by atoms with Gasteiger partial charge in [-0.25, -0.2) is 4.79 Å². The first-order chi connectivity index (χ1) is 17.2. The van der Waals surface area contributed by atoms with Crippen molar-refractivity contribution in [2.24, 2.45) is 0 Å². The lowest BCUT2D eigenvalue weighted by molar-refractivity contribution is -0.117. The molecule has 4 aromatic rings. The lowest BCUT2D eigenvalue weighted by Crippen LogP contribution is -2.39. The maximum atomic E-state index is 12.4. The third-order valence-electron chi connectivity index (χ3n) is 5.12. The van der Waals surface area contributed by atoms with Crippen molar-refractivity contribution < 1.29 is 23.5 Å². The van der Waals surface area contributed by atoms with Crippen LogP contribution in [0.15, 0.2) is 76.5 Å². The lowest BCUT2D eigenvalue weighted by atomic mass is 10.2. The van der Waals surface area contributed by atoms with E-state index < -0.39 is 11.9 Å². The third-order valence-corrected chi connectivity index (χ3v) is 6.08. The minimum Gasteiger partial charge on any atom is -0.467 e. The molecule has 0 saturated carbocycles. The van der Waals surface area contributed by atoms with Crippen molar-refractivity contribution >= 4 is 23.7 Å². The number of carbonyl (C=O) groups is 2. The van der Waals surface area contributed by atoms with Gasteiger partial charge in [-0.3, -0.25) is 14.7 Å². The SMILES string of the molecule is O=C(CSc1nnc(-c2ccccc2)n1Cc1ccc2c(c1)OCO2)NC(=O)NCc1ccco1. The Labute approximate surface area is 204 Å². The fraction of sp³-hybridized carbons (Fsp3) is 0.167. The molecule has 11 heteroatoms. The fourth-order valence-corrected chi connectivity index (χ4v) is 4.22. The Balaban J connectivity index is 1.28. The minimum atomic E-state index is -0.598. The highest BCUT2D eigenvalue weighted by Gasteiger charge is 2.19. The molecule has 3 heterocycles. The van der Waals surface area contributed by atoms with Crippen LogP contribution in [0.5, 0.6) is 11.5 Å². The standard InChI is InChI=1S/C24H21N5O5S/c30-21(26-23(31)25-12-18-7-4-10-32-18)14-35-24-28-27-22(17-5-2-1-3-6-17)29(24)13-16-8-9-19-20(11-16)34-15-33-19/h1-11H,12-15H2,(H2,25,26,30,31). The zero-order chi connectivity index (χ0) is 24.0. The van der Waals surface area contributed by atoms with Crippen molar-refractivity contribution in [1.82, 2.24) is 25.4 Å². The molecular formula is C24H21N5O5S. The first kappa shape index (κ1) is 22.5. The van der Waals surface area contributed by atoms with E-state index in [2.05, 4.69) is 20.8 Å². The van der Waals surface area contributed by atoms with Gasteiger partial charge in [0.2, 0.25) is 12.7 Å². The van der Waals surface area contributed by atoms with Gasteiger partial charge < -0.3 is 19.2 Å². The molecule has 1 aliphatic rings. The number of urea groups is 1. The maximum absolute atomic E-state index is 12.4. The summed E-state index contributed by atoms with van der Waals surface area (Å²) in [6.45, 7) is 0.844. The summed E-state index contributed by atoms with van der Waals surface area (Å²) < 4.78 is 18.0. The van der Waals surface area contributed by atoms with Crippen molar-refractivity contribution in [3.8, 4) is 22.9 Å². The molecule has 2 aromatic carbocycles. The largest absolute Gasteiger partial charge is 0.467 e. The molecule has 0 saturated heterocycles. The summed E-state index contributed by atoms with van der Waals surface area (Å²) in [5, 5.41) is 14.1. The van der Waals surface area contributed by atoms with E-state index in [1.165, 1.54) is 18.0 Å². The number of imide groups is 1. The van der Waals surface area contributed by atoms with E-state index in [-0.39, 0.29) is 19.1 Å². The first-order valence-corrected chi connectivity index (χ1v) is 11.7. The minimum absolute atomic E-state index is 0.0117. The Hall–Kier alpha value is -4.25. The van der Waals surface area contributed by atoms with Crippen LogP contribution in [-0.2, 0) is 17.9 Å². The average Bonchev–Trinajstić information content (AvgIpc) is 3.63. The van der Waals surface area contributed by atoms with Crippen LogP contribution in [0, 0.1) is 0 Å². The number of nitrogens with zero attached hydrogens (tertiary/aromatic N) is 3. The Kier molecular flexibility index (Phi) is 6.66. The summed E-state index contributed by atoms with van der Waals surface area (Å²) in [6.07, 6.45) is 1.51. The number of ether oxygens (including phenoxy) is 2. The van der Waals surface area contributed by atoms with E-state index in [1.807, 2.05) is 53.1 Å². The van der Waals surface area contributed by atoms with E-state index in [1.54, 1.807) is 12.1 Å². The highest BCUT2D eigenvalue weighted by molar-refractivity contribution is 7.99. The fourth-order valence-electron chi connectivity index (χ4n) is 3.48. The van der Waals surface area contributed by atoms with Crippen LogP contribution in [0.3, 0.4) is 0 Å². The first-order valence-electron chi connectivity index (χ1n) is 10.8. The summed E-state index contributed by atoms with van der Waals surface area (Å²) in [5.74, 6) is 2.19. The number of nitrogens with one attached hydrogen (secondary N) is 2. The van der Waals surface area contributed by atoms with E-state index in [4.69, 9.17) is 13.9 Å². The number of fused-ring (bicyclic) bond motifs is 1. The van der Waals surface area contributed by atoms with Gasteiger partial charge in [0.05, 0.1) is 25.1 Å². The van der Waals surface area contributed by atoms with Gasteiger partial charge in [-0.2, -0.15) is 0 Å². The number of hydrogen-bond acceptors (Lipinski definition) is 8. The summed E-state index contributed by atoms with van der Waals surface area (Å²) >= 11 is 1.20. The van der Waals surface area contributed by atoms with Crippen molar-refractivity contribution in [3.05, 3.63) is 78.3 Å². The molecule has 3 amide bonds. The van der Waals surface area contributed by atoms with Gasteiger partial charge in [0.25, 0.3) is 0 Å². The number of benzene rings is 2. The maximum Gasteiger partial charge on any atom is 0.321 e.